The first-order chi connectivity index (χ1) is 12.0. The first kappa shape index (κ1) is 18.2. The highest BCUT2D eigenvalue weighted by Gasteiger charge is 2.15. The van der Waals surface area contributed by atoms with E-state index in [4.69, 9.17) is 16.3 Å². The largest absolute Gasteiger partial charge is 0.379 e. The third-order valence-electron chi connectivity index (χ3n) is 4.02. The number of morpholine rings is 1. The van der Waals surface area contributed by atoms with Gasteiger partial charge in [-0.1, -0.05) is 48.0 Å². The zero-order valence-corrected chi connectivity index (χ0v) is 15.4. The molecule has 0 radical (unpaired) electrons. The van der Waals surface area contributed by atoms with Crippen LogP contribution in [0.1, 0.15) is 11.1 Å². The minimum Gasteiger partial charge on any atom is -0.379 e. The van der Waals surface area contributed by atoms with Gasteiger partial charge in [-0.05, 0) is 23.3 Å². The Bertz CT molecular complexity index is 806. The molecule has 2 aromatic rings. The molecule has 1 saturated heterocycles. The monoisotopic (exact) mass is 380 g/mol. The van der Waals surface area contributed by atoms with Crippen LogP contribution in [0, 0.1) is 0 Å². The molecular formula is C18H21ClN2O3S. The minimum atomic E-state index is -3.48. The van der Waals surface area contributed by atoms with Crippen molar-refractivity contribution in [3.8, 4) is 0 Å². The smallest absolute Gasteiger partial charge is 0.236 e. The van der Waals surface area contributed by atoms with E-state index in [1.54, 1.807) is 24.3 Å². The maximum Gasteiger partial charge on any atom is 0.236 e. The third-order valence-corrected chi connectivity index (χ3v) is 5.64. The summed E-state index contributed by atoms with van der Waals surface area (Å²) >= 11 is 6.34. The number of nitrogens with one attached hydrogen (secondary N) is 1. The molecule has 0 spiro atoms. The molecule has 25 heavy (non-hydrogen) atoms. The number of anilines is 1. The topological polar surface area (TPSA) is 58.6 Å². The molecule has 0 atom stereocenters. The highest BCUT2D eigenvalue weighted by molar-refractivity contribution is 7.91. The Kier molecular flexibility index (Phi) is 5.96. The van der Waals surface area contributed by atoms with Crippen molar-refractivity contribution in [1.29, 1.82) is 0 Å². The van der Waals surface area contributed by atoms with E-state index in [1.807, 2.05) is 24.3 Å². The molecule has 0 unspecified atom stereocenters. The predicted molar refractivity (Wildman–Crippen MR) is 100 cm³/mol. The van der Waals surface area contributed by atoms with Crippen molar-refractivity contribution in [3.05, 3.63) is 64.7 Å². The number of benzene rings is 2. The molecule has 0 aliphatic carbocycles. The Labute approximate surface area is 153 Å². The Morgan fingerprint density at radius 2 is 1.80 bits per heavy atom. The molecular weight excluding hydrogens is 360 g/mol. The van der Waals surface area contributed by atoms with Gasteiger partial charge in [0.15, 0.2) is 0 Å². The fourth-order valence-electron chi connectivity index (χ4n) is 2.75. The van der Waals surface area contributed by atoms with Gasteiger partial charge < -0.3 is 4.74 Å². The number of nitrogens with zero attached hydrogens (tertiary/aromatic N) is 1. The molecule has 0 amide bonds. The van der Waals surface area contributed by atoms with Gasteiger partial charge in [0, 0.05) is 30.3 Å². The molecule has 1 fully saturated rings. The van der Waals surface area contributed by atoms with Gasteiger partial charge in [0.1, 0.15) is 0 Å². The molecule has 2 aromatic carbocycles. The maximum absolute atomic E-state index is 12.3. The maximum atomic E-state index is 12.3. The summed E-state index contributed by atoms with van der Waals surface area (Å²) in [6.45, 7) is 3.95. The third kappa shape index (κ3) is 5.44. The lowest BCUT2D eigenvalue weighted by atomic mass is 10.2. The average Bonchev–Trinajstić information content (AvgIpc) is 2.58. The van der Waals surface area contributed by atoms with Crippen LogP contribution in [0.2, 0.25) is 5.02 Å². The van der Waals surface area contributed by atoms with E-state index in [-0.39, 0.29) is 5.75 Å². The molecule has 0 bridgehead atoms. The van der Waals surface area contributed by atoms with Crippen molar-refractivity contribution in [1.82, 2.24) is 4.90 Å². The Morgan fingerprint density at radius 3 is 2.48 bits per heavy atom. The van der Waals surface area contributed by atoms with E-state index in [2.05, 4.69) is 9.62 Å². The van der Waals surface area contributed by atoms with Crippen molar-refractivity contribution in [2.75, 3.05) is 31.0 Å². The van der Waals surface area contributed by atoms with Gasteiger partial charge in [-0.15, -0.1) is 0 Å². The highest BCUT2D eigenvalue weighted by atomic mass is 35.5. The van der Waals surface area contributed by atoms with Crippen molar-refractivity contribution in [2.24, 2.45) is 0 Å². The van der Waals surface area contributed by atoms with Crippen LogP contribution in [0.15, 0.2) is 48.5 Å². The van der Waals surface area contributed by atoms with Crippen molar-refractivity contribution in [2.45, 2.75) is 12.3 Å². The average molecular weight is 381 g/mol. The van der Waals surface area contributed by atoms with Crippen molar-refractivity contribution >= 4 is 27.3 Å². The lowest BCUT2D eigenvalue weighted by Crippen LogP contribution is -2.35. The van der Waals surface area contributed by atoms with Crippen LogP contribution in [0.3, 0.4) is 0 Å². The number of hydrogen-bond donors (Lipinski definition) is 1. The van der Waals surface area contributed by atoms with Crippen LogP contribution < -0.4 is 4.72 Å². The molecule has 0 aromatic heterocycles. The van der Waals surface area contributed by atoms with E-state index in [9.17, 15) is 8.42 Å². The number of ether oxygens (including phenoxy) is 1. The lowest BCUT2D eigenvalue weighted by molar-refractivity contribution is 0.0342. The first-order valence-corrected chi connectivity index (χ1v) is 10.2. The van der Waals surface area contributed by atoms with Gasteiger partial charge in [-0.3, -0.25) is 9.62 Å². The van der Waals surface area contributed by atoms with Crippen LogP contribution in [0.4, 0.5) is 5.69 Å². The summed E-state index contributed by atoms with van der Waals surface area (Å²) in [5, 5.41) is 0.561. The van der Waals surface area contributed by atoms with Crippen LogP contribution in [-0.4, -0.2) is 39.6 Å². The molecule has 7 heteroatoms. The van der Waals surface area contributed by atoms with Gasteiger partial charge in [0.2, 0.25) is 10.0 Å². The quantitative estimate of drug-likeness (QED) is 0.836. The Morgan fingerprint density at radius 1 is 1.08 bits per heavy atom. The zero-order chi connectivity index (χ0) is 17.7. The van der Waals surface area contributed by atoms with Gasteiger partial charge in [0.05, 0.1) is 19.0 Å². The Balaban J connectivity index is 1.65. The van der Waals surface area contributed by atoms with Crippen LogP contribution in [-0.2, 0) is 27.1 Å². The Hall–Kier alpha value is -1.60. The van der Waals surface area contributed by atoms with Gasteiger partial charge in [-0.2, -0.15) is 0 Å². The molecule has 1 N–H and O–H groups in total. The molecule has 5 nitrogen and oxygen atoms in total. The van der Waals surface area contributed by atoms with Gasteiger partial charge >= 0.3 is 0 Å². The fraction of sp³-hybridized carbons (Fsp3) is 0.333. The summed E-state index contributed by atoms with van der Waals surface area (Å²) in [7, 11) is -3.48. The normalized spacial score (nSPS) is 15.9. The lowest BCUT2D eigenvalue weighted by Gasteiger charge is -2.27. The predicted octanol–water partition coefficient (Wildman–Crippen LogP) is 3.11. The SMILES string of the molecule is O=S(=O)(Cc1ccccc1)Nc1ccc(CN2CCOCC2)c(Cl)c1. The molecule has 1 aliphatic heterocycles. The summed E-state index contributed by atoms with van der Waals surface area (Å²) in [6, 6.07) is 14.4. The van der Waals surface area contributed by atoms with E-state index < -0.39 is 10.0 Å². The second-order valence-electron chi connectivity index (χ2n) is 6.04. The molecule has 0 saturated carbocycles. The van der Waals surface area contributed by atoms with Crippen LogP contribution >= 0.6 is 11.6 Å². The fourth-order valence-corrected chi connectivity index (χ4v) is 4.18. The molecule has 1 aliphatic rings. The van der Waals surface area contributed by atoms with Gasteiger partial charge in [-0.25, -0.2) is 8.42 Å². The van der Waals surface area contributed by atoms with Crippen LogP contribution in [0.25, 0.3) is 0 Å². The molecule has 134 valence electrons. The minimum absolute atomic E-state index is 0.0685. The summed E-state index contributed by atoms with van der Waals surface area (Å²) in [4.78, 5) is 2.27. The van der Waals surface area contributed by atoms with E-state index in [0.717, 1.165) is 44.0 Å². The number of rotatable bonds is 6. The summed E-state index contributed by atoms with van der Waals surface area (Å²) in [5.41, 5.74) is 2.20. The number of hydrogen-bond acceptors (Lipinski definition) is 4. The molecule has 1 heterocycles. The van der Waals surface area contributed by atoms with Crippen molar-refractivity contribution < 1.29 is 13.2 Å². The van der Waals surface area contributed by atoms with Crippen molar-refractivity contribution in [3.63, 3.8) is 0 Å². The second-order valence-corrected chi connectivity index (χ2v) is 8.17. The van der Waals surface area contributed by atoms with E-state index in [1.165, 1.54) is 0 Å². The molecule has 3 rings (SSSR count). The summed E-state index contributed by atoms with van der Waals surface area (Å²) in [6.07, 6.45) is 0. The highest BCUT2D eigenvalue weighted by Crippen LogP contribution is 2.24. The second kappa shape index (κ2) is 8.19. The number of sulfonamides is 1. The summed E-state index contributed by atoms with van der Waals surface area (Å²) < 4.78 is 32.5. The van der Waals surface area contributed by atoms with E-state index in [0.29, 0.717) is 10.7 Å². The number of halogens is 1. The summed E-state index contributed by atoms with van der Waals surface area (Å²) in [5.74, 6) is -0.0685. The van der Waals surface area contributed by atoms with Gasteiger partial charge in [0.25, 0.3) is 0 Å². The van der Waals surface area contributed by atoms with Crippen LogP contribution in [0.5, 0.6) is 0 Å². The van der Waals surface area contributed by atoms with E-state index >= 15 is 0 Å². The standard InChI is InChI=1S/C18H21ClN2O3S/c19-18-12-17(7-6-16(18)13-21-8-10-24-11-9-21)20-25(22,23)14-15-4-2-1-3-5-15/h1-7,12,20H,8-11,13-14H2. The first-order valence-electron chi connectivity index (χ1n) is 8.15. The zero-order valence-electron chi connectivity index (χ0n) is 13.8.